The van der Waals surface area contributed by atoms with Gasteiger partial charge >= 0.3 is 0 Å². The van der Waals surface area contributed by atoms with Gasteiger partial charge in [-0.1, -0.05) is 6.07 Å². The second-order valence-corrected chi connectivity index (χ2v) is 3.30. The molecule has 1 aromatic heterocycles. The minimum absolute atomic E-state index is 0.191. The predicted molar refractivity (Wildman–Crippen MR) is 57.7 cm³/mol. The number of hydrogen-bond donors (Lipinski definition) is 1. The van der Waals surface area contributed by atoms with Gasteiger partial charge < -0.3 is 15.0 Å². The van der Waals surface area contributed by atoms with E-state index in [-0.39, 0.29) is 12.5 Å². The van der Waals surface area contributed by atoms with E-state index >= 15 is 0 Å². The van der Waals surface area contributed by atoms with E-state index in [9.17, 15) is 4.79 Å². The van der Waals surface area contributed by atoms with E-state index in [1.807, 2.05) is 30.5 Å². The molecule has 0 bridgehead atoms. The van der Waals surface area contributed by atoms with Crippen LogP contribution in [0.2, 0.25) is 0 Å². The minimum atomic E-state index is -0.352. The van der Waals surface area contributed by atoms with Gasteiger partial charge in [0.15, 0.2) is 0 Å². The number of hydrogen-bond acceptors (Lipinski definition) is 2. The van der Waals surface area contributed by atoms with Gasteiger partial charge in [-0.05, 0) is 18.2 Å². The maximum atomic E-state index is 10.8. The molecule has 0 aliphatic rings. The SMILES string of the molecule is COc1cccc2c1ccn2CC(N)=O. The highest BCUT2D eigenvalue weighted by molar-refractivity contribution is 5.87. The molecule has 2 aromatic rings. The van der Waals surface area contributed by atoms with Crippen molar-refractivity contribution in [1.82, 2.24) is 4.57 Å². The highest BCUT2D eigenvalue weighted by atomic mass is 16.5. The van der Waals surface area contributed by atoms with E-state index in [2.05, 4.69) is 0 Å². The van der Waals surface area contributed by atoms with Crippen LogP contribution in [0.4, 0.5) is 0 Å². The molecular formula is C11H12N2O2. The molecule has 0 aliphatic carbocycles. The number of rotatable bonds is 3. The zero-order valence-corrected chi connectivity index (χ0v) is 8.43. The summed E-state index contributed by atoms with van der Waals surface area (Å²) in [6.45, 7) is 0.191. The molecular weight excluding hydrogens is 192 g/mol. The van der Waals surface area contributed by atoms with Crippen LogP contribution in [0.15, 0.2) is 30.5 Å². The summed E-state index contributed by atoms with van der Waals surface area (Å²) >= 11 is 0. The molecule has 0 saturated heterocycles. The van der Waals surface area contributed by atoms with Gasteiger partial charge in [0, 0.05) is 11.6 Å². The van der Waals surface area contributed by atoms with Crippen molar-refractivity contribution in [2.75, 3.05) is 7.11 Å². The molecule has 0 radical (unpaired) electrons. The van der Waals surface area contributed by atoms with Gasteiger partial charge in [0.25, 0.3) is 0 Å². The molecule has 4 nitrogen and oxygen atoms in total. The Morgan fingerprint density at radius 3 is 2.93 bits per heavy atom. The number of nitrogens with two attached hydrogens (primary N) is 1. The highest BCUT2D eigenvalue weighted by Gasteiger charge is 2.06. The summed E-state index contributed by atoms with van der Waals surface area (Å²) in [5, 5.41) is 0.987. The van der Waals surface area contributed by atoms with Crippen molar-refractivity contribution in [2.45, 2.75) is 6.54 Å². The molecule has 1 amide bonds. The van der Waals surface area contributed by atoms with Crippen LogP contribution in [0, 0.1) is 0 Å². The summed E-state index contributed by atoms with van der Waals surface area (Å²) in [6.07, 6.45) is 1.83. The maximum absolute atomic E-state index is 10.8. The molecule has 2 N–H and O–H groups in total. The molecule has 0 aliphatic heterocycles. The molecule has 0 spiro atoms. The predicted octanol–water partition coefficient (Wildman–Crippen LogP) is 1.14. The first-order valence-electron chi connectivity index (χ1n) is 4.62. The van der Waals surface area contributed by atoms with Gasteiger partial charge in [-0.3, -0.25) is 4.79 Å². The zero-order valence-electron chi connectivity index (χ0n) is 8.43. The van der Waals surface area contributed by atoms with Crippen molar-refractivity contribution >= 4 is 16.8 Å². The Morgan fingerprint density at radius 2 is 2.27 bits per heavy atom. The summed E-state index contributed by atoms with van der Waals surface area (Å²) in [7, 11) is 1.63. The van der Waals surface area contributed by atoms with Gasteiger partial charge in [0.05, 0.1) is 12.6 Å². The number of benzene rings is 1. The summed E-state index contributed by atoms with van der Waals surface area (Å²) in [5.74, 6) is 0.450. The van der Waals surface area contributed by atoms with Crippen molar-refractivity contribution < 1.29 is 9.53 Å². The Labute approximate surface area is 87.2 Å². The van der Waals surface area contributed by atoms with Crippen LogP contribution < -0.4 is 10.5 Å². The second-order valence-electron chi connectivity index (χ2n) is 3.30. The van der Waals surface area contributed by atoms with Gasteiger partial charge in [0.2, 0.25) is 5.91 Å². The Balaban J connectivity index is 2.55. The minimum Gasteiger partial charge on any atom is -0.496 e. The van der Waals surface area contributed by atoms with Gasteiger partial charge in [-0.15, -0.1) is 0 Å². The normalized spacial score (nSPS) is 10.5. The fraction of sp³-hybridized carbons (Fsp3) is 0.182. The number of aromatic nitrogens is 1. The van der Waals surface area contributed by atoms with E-state index in [1.54, 1.807) is 11.7 Å². The molecule has 0 saturated carbocycles. The number of primary amides is 1. The van der Waals surface area contributed by atoms with E-state index in [0.717, 1.165) is 16.7 Å². The number of fused-ring (bicyclic) bond motifs is 1. The van der Waals surface area contributed by atoms with Gasteiger partial charge in [0.1, 0.15) is 12.3 Å². The second kappa shape index (κ2) is 3.65. The fourth-order valence-corrected chi connectivity index (χ4v) is 1.68. The molecule has 4 heteroatoms. The van der Waals surface area contributed by atoms with Crippen LogP contribution >= 0.6 is 0 Å². The van der Waals surface area contributed by atoms with Crippen molar-refractivity contribution in [3.8, 4) is 5.75 Å². The van der Waals surface area contributed by atoms with Crippen LogP contribution in [-0.4, -0.2) is 17.6 Å². The van der Waals surface area contributed by atoms with Crippen LogP contribution in [0.3, 0.4) is 0 Å². The zero-order chi connectivity index (χ0) is 10.8. The van der Waals surface area contributed by atoms with Crippen molar-refractivity contribution in [3.63, 3.8) is 0 Å². The Morgan fingerprint density at radius 1 is 1.47 bits per heavy atom. The lowest BCUT2D eigenvalue weighted by Crippen LogP contribution is -2.17. The van der Waals surface area contributed by atoms with Gasteiger partial charge in [-0.25, -0.2) is 0 Å². The molecule has 0 atom stereocenters. The van der Waals surface area contributed by atoms with Crippen LogP contribution in [0.1, 0.15) is 0 Å². The molecule has 78 valence electrons. The summed E-state index contributed by atoms with van der Waals surface area (Å²) in [5.41, 5.74) is 6.11. The lowest BCUT2D eigenvalue weighted by molar-refractivity contribution is -0.118. The average Bonchev–Trinajstić information content (AvgIpc) is 2.61. The number of methoxy groups -OCH3 is 1. The smallest absolute Gasteiger partial charge is 0.237 e. The third-order valence-electron chi connectivity index (χ3n) is 2.32. The third kappa shape index (κ3) is 1.66. The van der Waals surface area contributed by atoms with Gasteiger partial charge in [-0.2, -0.15) is 0 Å². The van der Waals surface area contributed by atoms with Crippen LogP contribution in [0.25, 0.3) is 10.9 Å². The Hall–Kier alpha value is -1.97. The molecule has 0 unspecified atom stereocenters. The van der Waals surface area contributed by atoms with Crippen LogP contribution in [-0.2, 0) is 11.3 Å². The lowest BCUT2D eigenvalue weighted by Gasteiger charge is -2.04. The van der Waals surface area contributed by atoms with Crippen LogP contribution in [0.5, 0.6) is 5.75 Å². The van der Waals surface area contributed by atoms with E-state index in [0.29, 0.717) is 0 Å². The van der Waals surface area contributed by atoms with E-state index in [1.165, 1.54) is 0 Å². The summed E-state index contributed by atoms with van der Waals surface area (Å²) < 4.78 is 7.02. The third-order valence-corrected chi connectivity index (χ3v) is 2.32. The van der Waals surface area contributed by atoms with Crippen molar-refractivity contribution in [3.05, 3.63) is 30.5 Å². The Bertz CT molecular complexity index is 502. The van der Waals surface area contributed by atoms with Crippen molar-refractivity contribution in [1.29, 1.82) is 0 Å². The largest absolute Gasteiger partial charge is 0.496 e. The quantitative estimate of drug-likeness (QED) is 0.814. The monoisotopic (exact) mass is 204 g/mol. The number of carbonyl (C=O) groups excluding carboxylic acids is 1. The fourth-order valence-electron chi connectivity index (χ4n) is 1.68. The molecule has 1 heterocycles. The average molecular weight is 204 g/mol. The van der Waals surface area contributed by atoms with Crippen molar-refractivity contribution in [2.24, 2.45) is 5.73 Å². The molecule has 1 aromatic carbocycles. The lowest BCUT2D eigenvalue weighted by atomic mass is 10.2. The number of carbonyl (C=O) groups is 1. The standard InChI is InChI=1S/C11H12N2O2/c1-15-10-4-2-3-9-8(10)5-6-13(9)7-11(12)14/h2-6H,7H2,1H3,(H2,12,14). The first-order valence-corrected chi connectivity index (χ1v) is 4.62. The summed E-state index contributed by atoms with van der Waals surface area (Å²) in [6, 6.07) is 7.62. The number of ether oxygens (including phenoxy) is 1. The topological polar surface area (TPSA) is 57.2 Å². The molecule has 0 fully saturated rings. The number of nitrogens with zero attached hydrogens (tertiary/aromatic N) is 1. The first kappa shape index (κ1) is 9.58. The first-order chi connectivity index (χ1) is 7.22. The van der Waals surface area contributed by atoms with E-state index < -0.39 is 0 Å². The molecule has 15 heavy (non-hydrogen) atoms. The highest BCUT2D eigenvalue weighted by Crippen LogP contribution is 2.25. The summed E-state index contributed by atoms with van der Waals surface area (Å²) in [4.78, 5) is 10.8. The molecule has 2 rings (SSSR count). The Kier molecular flexibility index (Phi) is 2.33. The van der Waals surface area contributed by atoms with E-state index in [4.69, 9.17) is 10.5 Å². The number of amides is 1. The maximum Gasteiger partial charge on any atom is 0.237 e.